The molecule has 0 saturated heterocycles. The lowest BCUT2D eigenvalue weighted by Crippen LogP contribution is -2.27. The molecule has 0 unspecified atom stereocenters. The molecule has 1 N–H and O–H groups in total. The van der Waals surface area contributed by atoms with Gasteiger partial charge in [0.2, 0.25) is 5.76 Å². The van der Waals surface area contributed by atoms with Crippen molar-refractivity contribution in [3.63, 3.8) is 0 Å². The maximum absolute atomic E-state index is 12.8. The number of amides is 1. The molecule has 1 aromatic carbocycles. The number of nitrogens with zero attached hydrogens (tertiary/aromatic N) is 3. The first-order valence-corrected chi connectivity index (χ1v) is 8.24. The summed E-state index contributed by atoms with van der Waals surface area (Å²) >= 11 is 0. The van der Waals surface area contributed by atoms with Crippen LogP contribution in [0.2, 0.25) is 0 Å². The summed E-state index contributed by atoms with van der Waals surface area (Å²) in [5.74, 6) is -0.0603. The fraction of sp³-hybridized carbons (Fsp3) is 0.278. The number of hydrogen-bond donors (Lipinski definition) is 1. The normalized spacial score (nSPS) is 10.7. The Morgan fingerprint density at radius 3 is 2.81 bits per heavy atom. The predicted molar refractivity (Wildman–Crippen MR) is 92.4 cm³/mol. The summed E-state index contributed by atoms with van der Waals surface area (Å²) in [7, 11) is 0. The number of carbonyl (C=O) groups excluding carboxylic acids is 1. The number of ether oxygens (including phenoxy) is 1. The third-order valence-electron chi connectivity index (χ3n) is 3.75. The second-order valence-corrected chi connectivity index (χ2v) is 5.62. The minimum absolute atomic E-state index is 0.116. The summed E-state index contributed by atoms with van der Waals surface area (Å²) in [5, 5.41) is 11.0. The van der Waals surface area contributed by atoms with Crippen molar-refractivity contribution in [2.45, 2.75) is 20.4 Å². The summed E-state index contributed by atoms with van der Waals surface area (Å²) < 4.78 is 25.1. The molecule has 7 nitrogen and oxygen atoms in total. The van der Waals surface area contributed by atoms with Gasteiger partial charge in [-0.15, -0.1) is 0 Å². The summed E-state index contributed by atoms with van der Waals surface area (Å²) in [6, 6.07) is 7.26. The van der Waals surface area contributed by atoms with Crippen LogP contribution in [0, 0.1) is 12.7 Å². The van der Waals surface area contributed by atoms with Crippen LogP contribution >= 0.6 is 0 Å². The number of nitrogens with one attached hydrogen (secondary N) is 1. The van der Waals surface area contributed by atoms with Gasteiger partial charge >= 0.3 is 0 Å². The van der Waals surface area contributed by atoms with Gasteiger partial charge in [0.05, 0.1) is 12.2 Å². The molecule has 3 rings (SSSR count). The average Bonchev–Trinajstić information content (AvgIpc) is 3.26. The molecule has 0 atom stereocenters. The van der Waals surface area contributed by atoms with Gasteiger partial charge in [0.15, 0.2) is 0 Å². The first-order chi connectivity index (χ1) is 12.6. The van der Waals surface area contributed by atoms with Crippen molar-refractivity contribution in [1.82, 2.24) is 20.3 Å². The number of aromatic nitrogens is 3. The third kappa shape index (κ3) is 4.08. The minimum Gasteiger partial charge on any atom is -0.492 e. The predicted octanol–water partition coefficient (Wildman–Crippen LogP) is 2.81. The van der Waals surface area contributed by atoms with Crippen LogP contribution < -0.4 is 10.1 Å². The molecule has 0 aliphatic heterocycles. The summed E-state index contributed by atoms with van der Waals surface area (Å²) in [6.45, 7) is 5.15. The Balaban J connectivity index is 1.53. The van der Waals surface area contributed by atoms with Gasteiger partial charge in [0, 0.05) is 24.4 Å². The Morgan fingerprint density at radius 2 is 2.12 bits per heavy atom. The number of hydrogen-bond acceptors (Lipinski definition) is 5. The van der Waals surface area contributed by atoms with Crippen LogP contribution in [-0.2, 0) is 6.54 Å². The van der Waals surface area contributed by atoms with E-state index < -0.39 is 0 Å². The lowest BCUT2D eigenvalue weighted by atomic mass is 10.2. The molecule has 2 heterocycles. The molecule has 26 heavy (non-hydrogen) atoms. The van der Waals surface area contributed by atoms with E-state index in [9.17, 15) is 9.18 Å². The lowest BCUT2D eigenvalue weighted by molar-refractivity contribution is 0.0910. The highest BCUT2D eigenvalue weighted by Gasteiger charge is 2.16. The number of aryl methyl sites for hydroxylation is 2. The Morgan fingerprint density at radius 1 is 1.35 bits per heavy atom. The first-order valence-electron chi connectivity index (χ1n) is 8.24. The molecule has 3 aromatic rings. The zero-order valence-corrected chi connectivity index (χ0v) is 14.5. The minimum atomic E-state index is -0.382. The van der Waals surface area contributed by atoms with Gasteiger partial charge in [0.25, 0.3) is 5.91 Å². The van der Waals surface area contributed by atoms with Crippen LogP contribution in [0.1, 0.15) is 23.2 Å². The lowest BCUT2D eigenvalue weighted by Gasteiger charge is -2.06. The molecular weight excluding hydrogens is 339 g/mol. The van der Waals surface area contributed by atoms with Crippen LogP contribution in [0.25, 0.3) is 11.3 Å². The van der Waals surface area contributed by atoms with Gasteiger partial charge in [-0.05, 0) is 38.1 Å². The van der Waals surface area contributed by atoms with Crippen LogP contribution in [0.3, 0.4) is 0 Å². The van der Waals surface area contributed by atoms with Crippen molar-refractivity contribution in [2.75, 3.05) is 13.2 Å². The highest BCUT2D eigenvalue weighted by atomic mass is 19.1. The van der Waals surface area contributed by atoms with Gasteiger partial charge < -0.3 is 14.6 Å². The maximum atomic E-state index is 12.8. The maximum Gasteiger partial charge on any atom is 0.290 e. The van der Waals surface area contributed by atoms with E-state index in [0.717, 1.165) is 17.8 Å². The topological polar surface area (TPSA) is 82.2 Å². The van der Waals surface area contributed by atoms with Gasteiger partial charge in [-0.3, -0.25) is 9.48 Å². The summed E-state index contributed by atoms with van der Waals surface area (Å²) in [6.07, 6.45) is 1.87. The van der Waals surface area contributed by atoms with E-state index in [2.05, 4.69) is 15.6 Å². The smallest absolute Gasteiger partial charge is 0.290 e. The van der Waals surface area contributed by atoms with Gasteiger partial charge in [-0.25, -0.2) is 4.39 Å². The van der Waals surface area contributed by atoms with Crippen molar-refractivity contribution in [3.8, 4) is 17.0 Å². The van der Waals surface area contributed by atoms with Gasteiger partial charge in [-0.2, -0.15) is 5.10 Å². The van der Waals surface area contributed by atoms with E-state index >= 15 is 0 Å². The van der Waals surface area contributed by atoms with Gasteiger partial charge in [0.1, 0.15) is 23.9 Å². The zero-order chi connectivity index (χ0) is 18.5. The molecular formula is C18H19FN4O3. The molecule has 0 bridgehead atoms. The molecule has 2 aromatic heterocycles. The Labute approximate surface area is 149 Å². The number of halogens is 1. The highest BCUT2D eigenvalue weighted by molar-refractivity contribution is 5.92. The highest BCUT2D eigenvalue weighted by Crippen LogP contribution is 2.22. The van der Waals surface area contributed by atoms with Crippen molar-refractivity contribution < 1.29 is 18.4 Å². The third-order valence-corrected chi connectivity index (χ3v) is 3.75. The zero-order valence-electron chi connectivity index (χ0n) is 14.5. The van der Waals surface area contributed by atoms with Crippen LogP contribution in [0.5, 0.6) is 5.75 Å². The second kappa shape index (κ2) is 7.81. The molecule has 0 aliphatic rings. The van der Waals surface area contributed by atoms with E-state index in [4.69, 9.17) is 9.26 Å². The number of carbonyl (C=O) groups is 1. The Kier molecular flexibility index (Phi) is 5.31. The van der Waals surface area contributed by atoms with Crippen LogP contribution in [0.15, 0.2) is 41.1 Å². The van der Waals surface area contributed by atoms with Gasteiger partial charge in [-0.1, -0.05) is 5.16 Å². The van der Waals surface area contributed by atoms with E-state index in [1.165, 1.54) is 24.3 Å². The molecule has 0 radical (unpaired) electrons. The molecule has 0 saturated carbocycles. The fourth-order valence-electron chi connectivity index (χ4n) is 2.39. The van der Waals surface area contributed by atoms with Crippen molar-refractivity contribution >= 4 is 5.91 Å². The Bertz CT molecular complexity index is 886. The summed E-state index contributed by atoms with van der Waals surface area (Å²) in [5.41, 5.74) is 2.21. The monoisotopic (exact) mass is 358 g/mol. The van der Waals surface area contributed by atoms with Crippen molar-refractivity contribution in [1.29, 1.82) is 0 Å². The summed E-state index contributed by atoms with van der Waals surface area (Å²) in [4.78, 5) is 12.1. The quantitative estimate of drug-likeness (QED) is 0.657. The molecule has 0 spiro atoms. The van der Waals surface area contributed by atoms with Crippen LogP contribution in [0.4, 0.5) is 4.39 Å². The van der Waals surface area contributed by atoms with E-state index in [1.54, 1.807) is 10.7 Å². The second-order valence-electron chi connectivity index (χ2n) is 5.62. The van der Waals surface area contributed by atoms with E-state index in [-0.39, 0.29) is 30.6 Å². The number of benzene rings is 1. The number of rotatable bonds is 7. The molecule has 0 fully saturated rings. The average molecular weight is 358 g/mol. The SMILES string of the molecule is CCn1cc(-c2cc(C(=O)NCCOc3ccc(F)cc3)on2)c(C)n1. The largest absolute Gasteiger partial charge is 0.492 e. The van der Waals surface area contributed by atoms with Crippen molar-refractivity contribution in [3.05, 3.63) is 53.8 Å². The first kappa shape index (κ1) is 17.7. The molecule has 0 aliphatic carbocycles. The standard InChI is InChI=1S/C18H19FN4O3/c1-3-23-11-15(12(2)21-23)16-10-17(26-22-16)18(24)20-8-9-25-14-6-4-13(19)5-7-14/h4-7,10-11H,3,8-9H2,1-2H3,(H,20,24). The van der Waals surface area contributed by atoms with Crippen molar-refractivity contribution in [2.24, 2.45) is 0 Å². The Hall–Kier alpha value is -3.16. The molecule has 8 heteroatoms. The fourth-order valence-corrected chi connectivity index (χ4v) is 2.39. The molecule has 136 valence electrons. The van der Waals surface area contributed by atoms with Crippen LogP contribution in [-0.4, -0.2) is 34.0 Å². The van der Waals surface area contributed by atoms with E-state index in [0.29, 0.717) is 11.4 Å². The molecule has 1 amide bonds. The van der Waals surface area contributed by atoms with E-state index in [1.807, 2.05) is 20.0 Å².